The van der Waals surface area contributed by atoms with Crippen molar-refractivity contribution in [1.82, 2.24) is 0 Å². The molecular weight excluding hydrogens is 1370 g/mol. The Kier molecular flexibility index (Phi) is 76.0. The summed E-state index contributed by atoms with van der Waals surface area (Å²) in [5.41, 5.74) is 0. The van der Waals surface area contributed by atoms with Crippen LogP contribution in [-0.4, -0.2) is 96.7 Å². The van der Waals surface area contributed by atoms with Gasteiger partial charge in [-0.25, -0.2) is 9.13 Å². The van der Waals surface area contributed by atoms with Gasteiger partial charge in [0.15, 0.2) is 12.2 Å². The molecule has 0 saturated carbocycles. The maximum absolute atomic E-state index is 13.2. The second-order valence-corrected chi connectivity index (χ2v) is 34.8. The van der Waals surface area contributed by atoms with Crippen molar-refractivity contribution in [2.45, 2.75) is 477 Å². The molecule has 0 aromatic carbocycles. The molecule has 0 aromatic rings. The Balaban J connectivity index is 5.25. The van der Waals surface area contributed by atoms with E-state index in [0.29, 0.717) is 25.7 Å². The zero-order valence-corrected chi connectivity index (χ0v) is 70.8. The zero-order chi connectivity index (χ0) is 77.1. The summed E-state index contributed by atoms with van der Waals surface area (Å²) in [5.74, 6) is -0.477. The van der Waals surface area contributed by atoms with Gasteiger partial charge in [-0.3, -0.25) is 37.3 Å². The number of ether oxygens (including phenoxy) is 4. The monoisotopic (exact) mass is 1540 g/mol. The third-order valence-corrected chi connectivity index (χ3v) is 22.1. The molecule has 0 heterocycles. The highest BCUT2D eigenvalue weighted by atomic mass is 31.2. The minimum absolute atomic E-state index is 0.109. The van der Waals surface area contributed by atoms with Gasteiger partial charge in [0.25, 0.3) is 0 Å². The SMILES string of the molecule is CCCCCCCCCCCCCCCCCC(=O)O[C@H](COC(=O)CCCCCCCCCCCCCC)COP(=O)(O)OC[C@H](O)COP(=O)(O)OC[C@@H](COC(=O)CCCCCCCCCCCCCCCCCCC(C)C)OC(=O)CCCCCCCCCCCCCCCCCCC(C)C. The second kappa shape index (κ2) is 77.4. The fraction of sp³-hybridized carbons (Fsp3) is 0.953. The zero-order valence-electron chi connectivity index (χ0n) is 69.0. The molecular formula is C86H168O17P2. The van der Waals surface area contributed by atoms with E-state index in [2.05, 4.69) is 41.5 Å². The van der Waals surface area contributed by atoms with Crippen LogP contribution in [0.2, 0.25) is 0 Å². The minimum atomic E-state index is -4.97. The van der Waals surface area contributed by atoms with Crippen molar-refractivity contribution in [1.29, 1.82) is 0 Å². The van der Waals surface area contributed by atoms with E-state index in [-0.39, 0.29) is 25.7 Å². The van der Waals surface area contributed by atoms with Crippen LogP contribution in [0.25, 0.3) is 0 Å². The van der Waals surface area contributed by atoms with Crippen LogP contribution in [0.3, 0.4) is 0 Å². The highest BCUT2D eigenvalue weighted by Gasteiger charge is 2.30. The second-order valence-electron chi connectivity index (χ2n) is 31.9. The molecule has 0 aromatic heterocycles. The minimum Gasteiger partial charge on any atom is -0.462 e. The summed E-state index contributed by atoms with van der Waals surface area (Å²) in [4.78, 5) is 73.2. The largest absolute Gasteiger partial charge is 0.472 e. The summed E-state index contributed by atoms with van der Waals surface area (Å²) in [6, 6.07) is 0. The third-order valence-electron chi connectivity index (χ3n) is 20.2. The quantitative estimate of drug-likeness (QED) is 0.0222. The van der Waals surface area contributed by atoms with Crippen molar-refractivity contribution in [2.24, 2.45) is 11.8 Å². The van der Waals surface area contributed by atoms with Gasteiger partial charge in [0.2, 0.25) is 0 Å². The van der Waals surface area contributed by atoms with E-state index in [1.165, 1.54) is 276 Å². The number of rotatable bonds is 85. The molecule has 0 aliphatic heterocycles. The molecule has 0 aliphatic carbocycles. The van der Waals surface area contributed by atoms with Crippen molar-refractivity contribution in [3.8, 4) is 0 Å². The molecule has 0 fully saturated rings. The van der Waals surface area contributed by atoms with Crippen molar-refractivity contribution in [2.75, 3.05) is 39.6 Å². The summed E-state index contributed by atoms with van der Waals surface area (Å²) >= 11 is 0. The van der Waals surface area contributed by atoms with Gasteiger partial charge >= 0.3 is 39.5 Å². The van der Waals surface area contributed by atoms with Gasteiger partial charge in [0, 0.05) is 25.7 Å². The summed E-state index contributed by atoms with van der Waals surface area (Å²) in [6.45, 7) is 9.74. The lowest BCUT2D eigenvalue weighted by molar-refractivity contribution is -0.161. The average Bonchev–Trinajstić information content (AvgIpc) is 0.915. The summed E-state index contributed by atoms with van der Waals surface area (Å²) < 4.78 is 68.9. The van der Waals surface area contributed by atoms with Crippen LogP contribution in [0.4, 0.5) is 0 Å². The number of phosphoric ester groups is 2. The van der Waals surface area contributed by atoms with Crippen LogP contribution in [0.1, 0.15) is 459 Å². The van der Waals surface area contributed by atoms with Gasteiger partial charge in [0.05, 0.1) is 26.4 Å². The van der Waals surface area contributed by atoms with E-state index < -0.39 is 97.5 Å². The molecule has 105 heavy (non-hydrogen) atoms. The van der Waals surface area contributed by atoms with E-state index in [4.69, 9.17) is 37.0 Å². The predicted octanol–water partition coefficient (Wildman–Crippen LogP) is 26.2. The van der Waals surface area contributed by atoms with Crippen LogP contribution < -0.4 is 0 Å². The fourth-order valence-electron chi connectivity index (χ4n) is 13.4. The lowest BCUT2D eigenvalue weighted by Crippen LogP contribution is -2.30. The highest BCUT2D eigenvalue weighted by Crippen LogP contribution is 2.45. The molecule has 19 heteroatoms. The topological polar surface area (TPSA) is 237 Å². The molecule has 17 nitrogen and oxygen atoms in total. The third kappa shape index (κ3) is 79.9. The van der Waals surface area contributed by atoms with Gasteiger partial charge in [0.1, 0.15) is 19.3 Å². The molecule has 0 spiro atoms. The molecule has 2 unspecified atom stereocenters. The van der Waals surface area contributed by atoms with Gasteiger partial charge in [-0.05, 0) is 37.5 Å². The first-order chi connectivity index (χ1) is 50.9. The molecule has 0 radical (unpaired) electrons. The van der Waals surface area contributed by atoms with Crippen LogP contribution in [0.5, 0.6) is 0 Å². The first-order valence-corrected chi connectivity index (χ1v) is 47.5. The number of hydrogen-bond acceptors (Lipinski definition) is 15. The number of carbonyl (C=O) groups excluding carboxylic acids is 4. The maximum atomic E-state index is 13.2. The highest BCUT2D eigenvalue weighted by molar-refractivity contribution is 7.47. The molecule has 0 amide bonds. The number of aliphatic hydroxyl groups excluding tert-OH is 1. The Labute approximate surface area is 645 Å². The Hall–Kier alpha value is -1.94. The Bertz CT molecular complexity index is 2010. The van der Waals surface area contributed by atoms with E-state index in [0.717, 1.165) is 102 Å². The normalized spacial score (nSPS) is 13.8. The maximum Gasteiger partial charge on any atom is 0.472 e. The number of unbranched alkanes of at least 4 members (excludes halogenated alkanes) is 55. The Morgan fingerprint density at radius 3 is 0.648 bits per heavy atom. The molecule has 5 atom stereocenters. The number of aliphatic hydroxyl groups is 1. The number of carbonyl (C=O) groups is 4. The fourth-order valence-corrected chi connectivity index (χ4v) is 15.0. The average molecular weight is 1540 g/mol. The molecule has 3 N–H and O–H groups in total. The van der Waals surface area contributed by atoms with Crippen molar-refractivity contribution in [3.05, 3.63) is 0 Å². The van der Waals surface area contributed by atoms with E-state index in [1.807, 2.05) is 0 Å². The number of hydrogen-bond donors (Lipinski definition) is 3. The summed E-state index contributed by atoms with van der Waals surface area (Å²) in [6.07, 6.45) is 69.3. The molecule has 0 aliphatic rings. The Morgan fingerprint density at radius 1 is 0.257 bits per heavy atom. The van der Waals surface area contributed by atoms with Crippen molar-refractivity contribution in [3.63, 3.8) is 0 Å². The summed E-state index contributed by atoms with van der Waals surface area (Å²) in [7, 11) is -9.93. The van der Waals surface area contributed by atoms with Gasteiger partial charge in [-0.15, -0.1) is 0 Å². The van der Waals surface area contributed by atoms with Crippen molar-refractivity contribution >= 4 is 39.5 Å². The lowest BCUT2D eigenvalue weighted by Gasteiger charge is -2.21. The smallest absolute Gasteiger partial charge is 0.462 e. The lowest BCUT2D eigenvalue weighted by atomic mass is 10.0. The van der Waals surface area contributed by atoms with Gasteiger partial charge in [-0.1, -0.05) is 408 Å². The predicted molar refractivity (Wildman–Crippen MR) is 432 cm³/mol. The van der Waals surface area contributed by atoms with Gasteiger partial charge < -0.3 is 33.8 Å². The Morgan fingerprint density at radius 2 is 0.438 bits per heavy atom. The molecule has 624 valence electrons. The number of phosphoric acid groups is 2. The van der Waals surface area contributed by atoms with Crippen molar-refractivity contribution < 1.29 is 80.2 Å². The van der Waals surface area contributed by atoms with Gasteiger partial charge in [-0.2, -0.15) is 0 Å². The molecule has 0 saturated heterocycles. The van der Waals surface area contributed by atoms with Crippen LogP contribution in [-0.2, 0) is 65.4 Å². The van der Waals surface area contributed by atoms with E-state index in [9.17, 15) is 43.2 Å². The molecule has 0 rings (SSSR count). The summed E-state index contributed by atoms with van der Waals surface area (Å²) in [5, 5.41) is 10.7. The number of esters is 4. The van der Waals surface area contributed by atoms with Crippen LogP contribution in [0, 0.1) is 11.8 Å². The van der Waals surface area contributed by atoms with E-state index in [1.54, 1.807) is 0 Å². The standard InChI is InChI=1S/C86H168O17P2/c1-7-9-11-13-15-17-19-21-26-34-40-46-52-58-64-70-85(90)102-81(74-96-83(88)68-62-56-50-44-38-20-18-16-14-12-10-8-2)76-100-104(92,93)98-72-80(87)73-99-105(94,95)101-77-82(103-86(91)71-65-59-53-47-41-35-30-25-23-28-32-37-43-49-55-61-67-79(5)6)75-97-84(89)69-63-57-51-45-39-33-29-24-22-27-31-36-42-48-54-60-66-78(3)4/h78-82,87H,7-77H2,1-6H3,(H,92,93)(H,94,95)/t80-,81+,82+/m0/s1. The van der Waals surface area contributed by atoms with Crippen LogP contribution >= 0.6 is 15.6 Å². The first kappa shape index (κ1) is 103. The van der Waals surface area contributed by atoms with Crippen LogP contribution in [0.15, 0.2) is 0 Å². The first-order valence-electron chi connectivity index (χ1n) is 44.5. The molecule has 0 bridgehead atoms. The van der Waals surface area contributed by atoms with E-state index >= 15 is 0 Å².